The van der Waals surface area contributed by atoms with Gasteiger partial charge < -0.3 is 0 Å². The summed E-state index contributed by atoms with van der Waals surface area (Å²) in [6.07, 6.45) is 9.48. The van der Waals surface area contributed by atoms with E-state index in [1.54, 1.807) is 5.01 Å². The molecule has 1 heterocycles. The first kappa shape index (κ1) is 20.7. The zero-order valence-electron chi connectivity index (χ0n) is 16.9. The van der Waals surface area contributed by atoms with E-state index in [1.165, 1.54) is 19.1 Å². The summed E-state index contributed by atoms with van der Waals surface area (Å²) in [5, 5.41) is 3.60. The fourth-order valence-electron chi connectivity index (χ4n) is 3.69. The Morgan fingerprint density at radius 3 is 2.23 bits per heavy atom. The maximum atomic E-state index is 12.8. The summed E-state index contributed by atoms with van der Waals surface area (Å²) in [6, 6.07) is 12.6. The van der Waals surface area contributed by atoms with E-state index >= 15 is 0 Å². The average molecular weight is 422 g/mol. The fraction of sp³-hybridized carbons (Fsp3) is 0.160. The lowest BCUT2D eigenvalue weighted by molar-refractivity contribution is -0.144. The fourth-order valence-corrected chi connectivity index (χ4v) is 3.69. The lowest BCUT2D eigenvalue weighted by Crippen LogP contribution is -2.48. The normalized spacial score (nSPS) is 17.4. The van der Waals surface area contributed by atoms with Gasteiger partial charge in [-0.05, 0) is 40.5 Å². The van der Waals surface area contributed by atoms with Gasteiger partial charge in [0.05, 0.1) is 18.2 Å². The lowest BCUT2D eigenvalue weighted by Gasteiger charge is -2.40. The maximum Gasteiger partial charge on any atom is 0.416 e. The van der Waals surface area contributed by atoms with Crippen LogP contribution in [0, 0.1) is 0 Å². The molecule has 1 aliphatic carbocycles. The number of carbonyl (C=O) groups is 1. The van der Waals surface area contributed by atoms with Gasteiger partial charge in [0.1, 0.15) is 0 Å². The second-order valence-electron chi connectivity index (χ2n) is 7.43. The van der Waals surface area contributed by atoms with Crippen molar-refractivity contribution in [2.75, 3.05) is 0 Å². The van der Waals surface area contributed by atoms with E-state index in [4.69, 9.17) is 0 Å². The van der Waals surface area contributed by atoms with E-state index in [0.717, 1.165) is 28.8 Å². The molecular formula is C25H21F3N2O. The Labute approximate surface area is 179 Å². The molecule has 2 aliphatic rings. The summed E-state index contributed by atoms with van der Waals surface area (Å²) in [5.74, 6) is -0.0827. The predicted molar refractivity (Wildman–Crippen MR) is 114 cm³/mol. The van der Waals surface area contributed by atoms with Crippen LogP contribution in [-0.4, -0.2) is 22.0 Å². The van der Waals surface area contributed by atoms with Crippen molar-refractivity contribution in [3.63, 3.8) is 0 Å². The van der Waals surface area contributed by atoms with Gasteiger partial charge in [-0.15, -0.1) is 0 Å². The number of hydrogen-bond acceptors (Lipinski definition) is 2. The molecule has 1 unspecified atom stereocenters. The molecule has 0 radical (unpaired) electrons. The summed E-state index contributed by atoms with van der Waals surface area (Å²) < 4.78 is 38.3. The summed E-state index contributed by atoms with van der Waals surface area (Å²) >= 11 is 0. The van der Waals surface area contributed by atoms with Gasteiger partial charge in [0.25, 0.3) is 0 Å². The van der Waals surface area contributed by atoms with E-state index in [-0.39, 0.29) is 11.9 Å². The minimum atomic E-state index is -4.35. The van der Waals surface area contributed by atoms with Crippen molar-refractivity contribution in [1.82, 2.24) is 10.0 Å². The molecule has 2 aromatic carbocycles. The van der Waals surface area contributed by atoms with Gasteiger partial charge in [0, 0.05) is 13.1 Å². The summed E-state index contributed by atoms with van der Waals surface area (Å²) in [5.41, 5.74) is 2.88. The minimum Gasteiger partial charge on any atom is -0.279 e. The van der Waals surface area contributed by atoms with Gasteiger partial charge in [-0.25, -0.2) is 5.01 Å². The molecule has 3 nitrogen and oxygen atoms in total. The Balaban J connectivity index is 1.51. The zero-order valence-corrected chi connectivity index (χ0v) is 16.9. The van der Waals surface area contributed by atoms with Crippen LogP contribution in [0.25, 0.3) is 11.1 Å². The number of hydrazine groups is 1. The Kier molecular flexibility index (Phi) is 5.55. The predicted octanol–water partition coefficient (Wildman–Crippen LogP) is 5.89. The van der Waals surface area contributed by atoms with Gasteiger partial charge in [-0.1, -0.05) is 66.8 Å². The number of rotatable bonds is 4. The molecule has 31 heavy (non-hydrogen) atoms. The molecule has 6 heteroatoms. The molecule has 4 rings (SSSR count). The maximum absolute atomic E-state index is 12.8. The number of fused-ring (bicyclic) bond motifs is 1. The van der Waals surface area contributed by atoms with E-state index in [2.05, 4.69) is 0 Å². The van der Waals surface area contributed by atoms with Crippen LogP contribution in [0.3, 0.4) is 0 Å². The number of amides is 1. The Hall–Kier alpha value is -3.54. The highest BCUT2D eigenvalue weighted by Crippen LogP contribution is 2.31. The van der Waals surface area contributed by atoms with Crippen molar-refractivity contribution in [1.29, 1.82) is 0 Å². The number of benzene rings is 2. The molecule has 1 amide bonds. The highest BCUT2D eigenvalue weighted by molar-refractivity contribution is 5.73. The molecule has 2 aromatic rings. The number of allylic oxidation sites excluding steroid dienone is 4. The smallest absolute Gasteiger partial charge is 0.279 e. The molecule has 0 saturated carbocycles. The number of hydrogen-bond donors (Lipinski definition) is 0. The van der Waals surface area contributed by atoms with E-state index in [9.17, 15) is 18.0 Å². The molecule has 0 fully saturated rings. The molecule has 0 spiro atoms. The van der Waals surface area contributed by atoms with Crippen molar-refractivity contribution in [2.24, 2.45) is 0 Å². The first-order chi connectivity index (χ1) is 14.8. The second kappa shape index (κ2) is 8.30. The van der Waals surface area contributed by atoms with Crippen molar-refractivity contribution in [3.05, 3.63) is 108 Å². The quantitative estimate of drug-likeness (QED) is 0.614. The highest BCUT2D eigenvalue weighted by Gasteiger charge is 2.30. The van der Waals surface area contributed by atoms with Gasteiger partial charge in [0.15, 0.2) is 0 Å². The van der Waals surface area contributed by atoms with Gasteiger partial charge >= 0.3 is 6.18 Å². The molecule has 158 valence electrons. The lowest BCUT2D eigenvalue weighted by atomic mass is 9.99. The Morgan fingerprint density at radius 1 is 0.968 bits per heavy atom. The van der Waals surface area contributed by atoms with Gasteiger partial charge in [-0.3, -0.25) is 9.80 Å². The van der Waals surface area contributed by atoms with Gasteiger partial charge in [-0.2, -0.15) is 13.2 Å². The molecule has 0 N–H and O–H groups in total. The average Bonchev–Trinajstić information content (AvgIpc) is 2.77. The third-order valence-corrected chi connectivity index (χ3v) is 5.32. The molecule has 1 aliphatic heterocycles. The van der Waals surface area contributed by atoms with E-state index < -0.39 is 11.7 Å². The number of halogens is 3. The van der Waals surface area contributed by atoms with Gasteiger partial charge in [0.2, 0.25) is 5.91 Å². The Morgan fingerprint density at radius 2 is 1.61 bits per heavy atom. The largest absolute Gasteiger partial charge is 0.416 e. The number of alkyl halides is 3. The molecular weight excluding hydrogens is 401 g/mol. The first-order valence-corrected chi connectivity index (χ1v) is 9.89. The number of carbonyl (C=O) groups excluding carboxylic acids is 1. The van der Waals surface area contributed by atoms with Crippen molar-refractivity contribution >= 4 is 5.91 Å². The van der Waals surface area contributed by atoms with Crippen LogP contribution < -0.4 is 0 Å². The molecule has 0 saturated heterocycles. The van der Waals surface area contributed by atoms with Crippen molar-refractivity contribution in [2.45, 2.75) is 25.7 Å². The SMILES string of the molecule is CC(=O)N(Cc1ccc(-c2ccc(C(F)(F)F)cc2)cc1)N1C=CC=C2C=CC=CC21. The third kappa shape index (κ3) is 4.48. The second-order valence-corrected chi connectivity index (χ2v) is 7.43. The minimum absolute atomic E-state index is 0.0367. The first-order valence-electron chi connectivity index (χ1n) is 9.89. The third-order valence-electron chi connectivity index (χ3n) is 5.32. The van der Waals surface area contributed by atoms with E-state index in [0.29, 0.717) is 12.1 Å². The van der Waals surface area contributed by atoms with Crippen LogP contribution in [0.15, 0.2) is 96.8 Å². The standard InChI is InChI=1S/C25H21F3N2O/c1-18(31)30(29-16-4-6-22-5-2-3-7-24(22)29)17-19-8-10-20(11-9-19)21-12-14-23(15-13-21)25(26,27)28/h2-16,24H,17H2,1H3. The molecule has 1 atom stereocenters. The van der Waals surface area contributed by atoms with Crippen LogP contribution in [0.1, 0.15) is 18.1 Å². The van der Waals surface area contributed by atoms with Crippen LogP contribution in [0.5, 0.6) is 0 Å². The topological polar surface area (TPSA) is 23.6 Å². The van der Waals surface area contributed by atoms with Crippen LogP contribution in [0.2, 0.25) is 0 Å². The summed E-state index contributed by atoms with van der Waals surface area (Å²) in [4.78, 5) is 12.4. The molecule has 0 bridgehead atoms. The van der Waals surface area contributed by atoms with E-state index in [1.807, 2.05) is 71.9 Å². The summed E-state index contributed by atoms with van der Waals surface area (Å²) in [6.45, 7) is 1.92. The Bertz CT molecular complexity index is 1080. The van der Waals surface area contributed by atoms with Crippen LogP contribution >= 0.6 is 0 Å². The van der Waals surface area contributed by atoms with Crippen LogP contribution in [-0.2, 0) is 17.5 Å². The zero-order chi connectivity index (χ0) is 22.0. The summed E-state index contributed by atoms with van der Waals surface area (Å²) in [7, 11) is 0. The van der Waals surface area contributed by atoms with Crippen molar-refractivity contribution in [3.8, 4) is 11.1 Å². The molecule has 0 aromatic heterocycles. The van der Waals surface area contributed by atoms with Crippen LogP contribution in [0.4, 0.5) is 13.2 Å². The van der Waals surface area contributed by atoms with Crippen molar-refractivity contribution < 1.29 is 18.0 Å². The monoisotopic (exact) mass is 422 g/mol. The highest BCUT2D eigenvalue weighted by atomic mass is 19.4. The number of nitrogens with zero attached hydrogens (tertiary/aromatic N) is 2.